The molecule has 0 radical (unpaired) electrons. The first-order chi connectivity index (χ1) is 12.2. The molecule has 5 aliphatic rings. The Labute approximate surface area is 147 Å². The van der Waals surface area contributed by atoms with Crippen LogP contribution in [-0.2, 0) is 4.84 Å². The monoisotopic (exact) mass is 340 g/mol. The Morgan fingerprint density at radius 1 is 1.12 bits per heavy atom. The van der Waals surface area contributed by atoms with E-state index in [2.05, 4.69) is 15.9 Å². The molecule has 4 aliphatic carbocycles. The van der Waals surface area contributed by atoms with Gasteiger partial charge in [0.2, 0.25) is 0 Å². The Kier molecular flexibility index (Phi) is 3.50. The molecule has 1 aromatic carbocycles. The highest BCUT2D eigenvalue weighted by molar-refractivity contribution is 5.86. The molecule has 132 valence electrons. The van der Waals surface area contributed by atoms with Gasteiger partial charge in [0.05, 0.1) is 6.02 Å². The molecule has 6 heteroatoms. The van der Waals surface area contributed by atoms with Gasteiger partial charge in [-0.15, -0.1) is 0 Å². The average molecular weight is 340 g/mol. The van der Waals surface area contributed by atoms with Gasteiger partial charge >= 0.3 is 0 Å². The van der Waals surface area contributed by atoms with Crippen molar-refractivity contribution in [3.63, 3.8) is 0 Å². The fourth-order valence-electron chi connectivity index (χ4n) is 5.82. The second-order valence-corrected chi connectivity index (χ2v) is 8.21. The maximum Gasteiger partial charge on any atom is 0.300 e. The van der Waals surface area contributed by atoms with Crippen LogP contribution in [0.3, 0.4) is 0 Å². The van der Waals surface area contributed by atoms with Crippen molar-refractivity contribution in [1.29, 1.82) is 0 Å². The molecule has 6 nitrogen and oxygen atoms in total. The lowest BCUT2D eigenvalue weighted by atomic mass is 9.53. The van der Waals surface area contributed by atoms with Crippen LogP contribution in [0.4, 0.5) is 5.69 Å². The minimum atomic E-state index is -0.411. The maximum absolute atomic E-state index is 12.1. The molecule has 4 fully saturated rings. The topological polar surface area (TPSA) is 73.2 Å². The molecule has 0 amide bonds. The zero-order valence-corrected chi connectivity index (χ0v) is 14.2. The van der Waals surface area contributed by atoms with Gasteiger partial charge in [0.15, 0.2) is 6.20 Å². The smallest absolute Gasteiger partial charge is 0.300 e. The number of nitrogens with one attached hydrogen (secondary N) is 3. The number of anilines is 1. The average Bonchev–Trinajstić information content (AvgIpc) is 3.04. The van der Waals surface area contributed by atoms with Crippen LogP contribution < -0.4 is 21.0 Å². The third kappa shape index (κ3) is 2.79. The summed E-state index contributed by atoms with van der Waals surface area (Å²) < 4.78 is 0. The van der Waals surface area contributed by atoms with Crippen LogP contribution in [0.15, 0.2) is 47.4 Å². The Bertz CT molecular complexity index is 680. The molecule has 1 atom stereocenters. The van der Waals surface area contributed by atoms with Crippen LogP contribution in [0.5, 0.6) is 0 Å². The summed E-state index contributed by atoms with van der Waals surface area (Å²) in [6.07, 6.45) is 9.94. The minimum Gasteiger partial charge on any atom is -0.846 e. The van der Waals surface area contributed by atoms with Gasteiger partial charge in [-0.1, -0.05) is 18.2 Å². The van der Waals surface area contributed by atoms with E-state index in [4.69, 9.17) is 4.84 Å². The van der Waals surface area contributed by atoms with E-state index in [0.29, 0.717) is 5.88 Å². The van der Waals surface area contributed by atoms with Crippen LogP contribution >= 0.6 is 0 Å². The van der Waals surface area contributed by atoms with Gasteiger partial charge in [0.25, 0.3) is 5.88 Å². The first kappa shape index (κ1) is 15.2. The van der Waals surface area contributed by atoms with Gasteiger partial charge in [-0.2, -0.15) is 5.01 Å². The van der Waals surface area contributed by atoms with Crippen molar-refractivity contribution in [3.8, 4) is 0 Å². The molecule has 6 rings (SSSR count). The molecule has 0 spiro atoms. The molecular formula is C19H24N4O2. The van der Waals surface area contributed by atoms with Gasteiger partial charge in [-0.05, 0) is 49.1 Å². The van der Waals surface area contributed by atoms with Crippen LogP contribution in [0, 0.1) is 17.8 Å². The van der Waals surface area contributed by atoms with Crippen LogP contribution in [0.25, 0.3) is 0 Å². The number of nitrogens with zero attached hydrogens (tertiary/aromatic N) is 1. The quantitative estimate of drug-likeness (QED) is 0.565. The van der Waals surface area contributed by atoms with E-state index < -0.39 is 6.02 Å². The summed E-state index contributed by atoms with van der Waals surface area (Å²) in [7, 11) is 0. The van der Waals surface area contributed by atoms with E-state index >= 15 is 0 Å². The zero-order chi connectivity index (χ0) is 16.9. The molecule has 1 aliphatic heterocycles. The Balaban J connectivity index is 1.31. The minimum absolute atomic E-state index is 0.224. The van der Waals surface area contributed by atoms with Crippen molar-refractivity contribution in [1.82, 2.24) is 5.59 Å². The molecule has 4 bridgehead atoms. The number of aliphatic imine (C=N–C) groups is 1. The highest BCUT2D eigenvalue weighted by Crippen LogP contribution is 2.54. The largest absolute Gasteiger partial charge is 0.846 e. The summed E-state index contributed by atoms with van der Waals surface area (Å²) in [5.74, 6) is 2.98. The van der Waals surface area contributed by atoms with E-state index in [0.717, 1.165) is 28.5 Å². The molecule has 4 saturated carbocycles. The molecule has 1 aromatic rings. The van der Waals surface area contributed by atoms with Crippen LogP contribution in [0.2, 0.25) is 0 Å². The van der Waals surface area contributed by atoms with E-state index in [-0.39, 0.29) is 5.54 Å². The highest BCUT2D eigenvalue weighted by atomic mass is 16.7. The lowest BCUT2D eigenvalue weighted by Gasteiger charge is -2.55. The van der Waals surface area contributed by atoms with Gasteiger partial charge in [0.1, 0.15) is 5.54 Å². The third-order valence-corrected chi connectivity index (χ3v) is 6.38. The number of hydrogen-bond acceptors (Lipinski definition) is 4. The predicted molar refractivity (Wildman–Crippen MR) is 91.7 cm³/mol. The predicted octanol–water partition coefficient (Wildman–Crippen LogP) is 0.917. The van der Waals surface area contributed by atoms with Gasteiger partial charge in [-0.25, -0.2) is 4.99 Å². The van der Waals surface area contributed by atoms with E-state index in [1.165, 1.54) is 38.5 Å². The third-order valence-electron chi connectivity index (χ3n) is 6.38. The summed E-state index contributed by atoms with van der Waals surface area (Å²) in [5.41, 5.74) is 4.04. The number of para-hydroxylation sites is 1. The van der Waals surface area contributed by atoms with Gasteiger partial charge < -0.3 is 15.3 Å². The molecule has 1 unspecified atom stereocenters. The standard InChI is InChI=1S/C19H24N4O2/c24-18(20-16-4-2-1-3-5-16)21-17-12-23(22-25-17)19-9-13-6-14(10-19)8-15(7-13)11-19/h1-5,12-15,22H,6-11H2,(H2,20,21,24). The second-order valence-electron chi connectivity index (χ2n) is 8.21. The second kappa shape index (κ2) is 5.75. The molecule has 25 heavy (non-hydrogen) atoms. The zero-order valence-electron chi connectivity index (χ0n) is 14.2. The Hall–Kier alpha value is -2.05. The van der Waals surface area contributed by atoms with Crippen LogP contribution in [0.1, 0.15) is 38.5 Å². The number of amidine groups is 1. The number of rotatable bonds is 3. The van der Waals surface area contributed by atoms with Crippen LogP contribution in [-0.4, -0.2) is 11.6 Å². The van der Waals surface area contributed by atoms with Crippen molar-refractivity contribution in [3.05, 3.63) is 42.4 Å². The summed E-state index contributed by atoms with van der Waals surface area (Å²) >= 11 is 0. The molecule has 0 saturated heterocycles. The first-order valence-electron chi connectivity index (χ1n) is 9.28. The van der Waals surface area contributed by atoms with E-state index in [1.807, 2.05) is 36.5 Å². The summed E-state index contributed by atoms with van der Waals surface area (Å²) in [5, 5.41) is 16.0. The summed E-state index contributed by atoms with van der Waals surface area (Å²) in [4.78, 5) is 9.56. The fourth-order valence-corrected chi connectivity index (χ4v) is 5.82. The molecular weight excluding hydrogens is 316 g/mol. The first-order valence-corrected chi connectivity index (χ1v) is 9.28. The number of quaternary nitrogens is 1. The van der Waals surface area contributed by atoms with Crippen molar-refractivity contribution in [2.45, 2.75) is 44.1 Å². The summed E-state index contributed by atoms with van der Waals surface area (Å²) in [6.45, 7) is 0. The van der Waals surface area contributed by atoms with E-state index in [9.17, 15) is 5.11 Å². The van der Waals surface area contributed by atoms with E-state index in [1.54, 1.807) is 0 Å². The molecule has 1 heterocycles. The number of hydrogen-bond donors (Lipinski definition) is 3. The normalized spacial score (nSPS) is 39.2. The van der Waals surface area contributed by atoms with Crippen molar-refractivity contribution in [2.75, 3.05) is 5.32 Å². The molecule has 0 aromatic heterocycles. The maximum atomic E-state index is 12.1. The number of benzene rings is 1. The Morgan fingerprint density at radius 3 is 2.40 bits per heavy atom. The van der Waals surface area contributed by atoms with Crippen molar-refractivity contribution < 1.29 is 15.0 Å². The molecule has 3 N–H and O–H groups in total. The van der Waals surface area contributed by atoms with Gasteiger partial charge in [0, 0.05) is 30.5 Å². The lowest BCUT2D eigenvalue weighted by molar-refractivity contribution is -0.968. The van der Waals surface area contributed by atoms with Gasteiger partial charge in [-0.3, -0.25) is 0 Å². The van der Waals surface area contributed by atoms with Crippen molar-refractivity contribution >= 4 is 11.7 Å². The SMILES string of the molecule is [O-]/C(=N\C1=C[NH+](C23CC4CC(CC(C4)C2)C3)NO1)Nc1ccccc1. The lowest BCUT2D eigenvalue weighted by Crippen LogP contribution is -3.21. The highest BCUT2D eigenvalue weighted by Gasteiger charge is 2.57. The summed E-state index contributed by atoms with van der Waals surface area (Å²) in [6, 6.07) is 8.92. The fraction of sp³-hybridized carbons (Fsp3) is 0.526. The Morgan fingerprint density at radius 2 is 1.76 bits per heavy atom. The van der Waals surface area contributed by atoms with Crippen molar-refractivity contribution in [2.24, 2.45) is 22.7 Å².